The number of benzene rings is 3. The molecule has 0 saturated carbocycles. The summed E-state index contributed by atoms with van der Waals surface area (Å²) in [5.41, 5.74) is 4.11. The number of nitro benzene ring substituents is 1. The van der Waals surface area contributed by atoms with Crippen molar-refractivity contribution in [3.63, 3.8) is 0 Å². The lowest BCUT2D eigenvalue weighted by atomic mass is 10.0. The fraction of sp³-hybridized carbons (Fsp3) is 0.0476. The molecule has 0 spiro atoms. The van der Waals surface area contributed by atoms with Crippen LogP contribution in [0.1, 0.15) is 32.4 Å². The molecule has 1 atom stereocenters. The lowest BCUT2D eigenvalue weighted by Crippen LogP contribution is -2.52. The molecule has 1 heterocycles. The van der Waals surface area contributed by atoms with Crippen LogP contribution in [0.15, 0.2) is 72.8 Å². The molecule has 150 valence electrons. The Morgan fingerprint density at radius 3 is 2.50 bits per heavy atom. The van der Waals surface area contributed by atoms with Crippen LogP contribution in [0.4, 0.5) is 11.4 Å². The largest absolute Gasteiger partial charge is 0.508 e. The Balaban J connectivity index is 1.68. The van der Waals surface area contributed by atoms with Crippen LogP contribution in [-0.4, -0.2) is 26.9 Å². The molecule has 3 aromatic rings. The monoisotopic (exact) mass is 404 g/mol. The maximum Gasteiger partial charge on any atom is 0.276 e. The first-order chi connectivity index (χ1) is 14.4. The van der Waals surface area contributed by atoms with Crippen molar-refractivity contribution in [1.82, 2.24) is 10.4 Å². The molecule has 0 bridgehead atoms. The zero-order chi connectivity index (χ0) is 21.3. The van der Waals surface area contributed by atoms with E-state index >= 15 is 0 Å². The van der Waals surface area contributed by atoms with Crippen LogP contribution in [-0.2, 0) is 0 Å². The van der Waals surface area contributed by atoms with Crippen molar-refractivity contribution < 1.29 is 19.6 Å². The van der Waals surface area contributed by atoms with Gasteiger partial charge in [0.2, 0.25) is 0 Å². The lowest BCUT2D eigenvalue weighted by Gasteiger charge is -2.37. The standard InChI is InChI=1S/C21H16N4O5/c26-16-5-3-4-14(12-16)19-22-18-7-2-1-6-17(18)21(28)24(19)23-20(27)13-8-10-15(11-9-13)25(29)30/h1-12,19,22,26H,(H,23,27)/t19-/m1/s1. The number of phenols is 1. The van der Waals surface area contributed by atoms with Crippen molar-refractivity contribution in [2.75, 3.05) is 5.32 Å². The van der Waals surface area contributed by atoms with Gasteiger partial charge in [-0.15, -0.1) is 0 Å². The highest BCUT2D eigenvalue weighted by Gasteiger charge is 2.34. The summed E-state index contributed by atoms with van der Waals surface area (Å²) in [6.45, 7) is 0. The maximum atomic E-state index is 13.1. The SMILES string of the molecule is O=C(NN1C(=O)c2ccccc2N[C@H]1c1cccc(O)c1)c1ccc([N+](=O)[O-])cc1. The first-order valence-corrected chi connectivity index (χ1v) is 8.97. The van der Waals surface area contributed by atoms with E-state index in [9.17, 15) is 24.8 Å². The summed E-state index contributed by atoms with van der Waals surface area (Å²) in [7, 11) is 0. The molecule has 0 aliphatic carbocycles. The van der Waals surface area contributed by atoms with Crippen molar-refractivity contribution in [3.05, 3.63) is 99.6 Å². The van der Waals surface area contributed by atoms with Crippen LogP contribution in [0.3, 0.4) is 0 Å². The number of hydrogen-bond acceptors (Lipinski definition) is 6. The van der Waals surface area contributed by atoms with E-state index in [0.29, 0.717) is 16.8 Å². The Hall–Kier alpha value is -4.40. The molecule has 0 saturated heterocycles. The van der Waals surface area contributed by atoms with Crippen molar-refractivity contribution in [3.8, 4) is 5.75 Å². The maximum absolute atomic E-state index is 13.1. The molecule has 9 heteroatoms. The molecule has 2 amide bonds. The molecule has 0 radical (unpaired) electrons. The summed E-state index contributed by atoms with van der Waals surface area (Å²) < 4.78 is 0. The second kappa shape index (κ2) is 7.55. The summed E-state index contributed by atoms with van der Waals surface area (Å²) in [6.07, 6.45) is -0.776. The Morgan fingerprint density at radius 1 is 1.07 bits per heavy atom. The van der Waals surface area contributed by atoms with E-state index in [4.69, 9.17) is 0 Å². The first kappa shape index (κ1) is 18.9. The van der Waals surface area contributed by atoms with Crippen molar-refractivity contribution >= 4 is 23.2 Å². The minimum atomic E-state index is -0.776. The van der Waals surface area contributed by atoms with Gasteiger partial charge >= 0.3 is 0 Å². The highest BCUT2D eigenvalue weighted by Crippen LogP contribution is 2.33. The van der Waals surface area contributed by atoms with Crippen LogP contribution in [0.25, 0.3) is 0 Å². The van der Waals surface area contributed by atoms with Crippen LogP contribution >= 0.6 is 0 Å². The van der Waals surface area contributed by atoms with Gasteiger partial charge in [-0.3, -0.25) is 25.1 Å². The van der Waals surface area contributed by atoms with Crippen LogP contribution in [0.5, 0.6) is 5.75 Å². The Morgan fingerprint density at radius 2 is 1.80 bits per heavy atom. The average Bonchev–Trinajstić information content (AvgIpc) is 2.75. The molecule has 4 rings (SSSR count). The smallest absolute Gasteiger partial charge is 0.276 e. The molecule has 0 unspecified atom stereocenters. The number of phenolic OH excluding ortho intramolecular Hbond substituents is 1. The van der Waals surface area contributed by atoms with E-state index in [1.54, 1.807) is 36.4 Å². The molecule has 30 heavy (non-hydrogen) atoms. The number of fused-ring (bicyclic) bond motifs is 1. The predicted octanol–water partition coefficient (Wildman–Crippen LogP) is 3.21. The summed E-state index contributed by atoms with van der Waals surface area (Å²) in [5.74, 6) is -1.03. The third-order valence-electron chi connectivity index (χ3n) is 4.67. The van der Waals surface area contributed by atoms with Gasteiger partial charge in [0, 0.05) is 28.9 Å². The number of rotatable bonds is 4. The molecule has 9 nitrogen and oxygen atoms in total. The number of hydrazine groups is 1. The van der Waals surface area contributed by atoms with Gasteiger partial charge in [-0.2, -0.15) is 0 Å². The number of anilines is 1. The molecule has 3 aromatic carbocycles. The highest BCUT2D eigenvalue weighted by molar-refractivity contribution is 6.04. The van der Waals surface area contributed by atoms with Crippen LogP contribution in [0.2, 0.25) is 0 Å². The van der Waals surface area contributed by atoms with Crippen molar-refractivity contribution in [1.29, 1.82) is 0 Å². The quantitative estimate of drug-likeness (QED) is 0.453. The third-order valence-corrected chi connectivity index (χ3v) is 4.67. The van der Waals surface area contributed by atoms with Gasteiger partial charge in [0.25, 0.3) is 17.5 Å². The Labute approximate surface area is 170 Å². The van der Waals surface area contributed by atoms with E-state index in [1.165, 1.54) is 36.4 Å². The summed E-state index contributed by atoms with van der Waals surface area (Å²) in [6, 6.07) is 18.3. The summed E-state index contributed by atoms with van der Waals surface area (Å²) in [4.78, 5) is 36.1. The van der Waals surface area contributed by atoms with Crippen LogP contribution < -0.4 is 10.7 Å². The summed E-state index contributed by atoms with van der Waals surface area (Å²) >= 11 is 0. The highest BCUT2D eigenvalue weighted by atomic mass is 16.6. The number of non-ortho nitro benzene ring substituents is 1. The van der Waals surface area contributed by atoms with E-state index < -0.39 is 22.9 Å². The fourth-order valence-electron chi connectivity index (χ4n) is 3.21. The van der Waals surface area contributed by atoms with Gasteiger partial charge in [0.1, 0.15) is 11.9 Å². The molecule has 3 N–H and O–H groups in total. The van der Waals surface area contributed by atoms with Gasteiger partial charge in [-0.25, -0.2) is 5.01 Å². The number of carbonyl (C=O) groups is 2. The molecular formula is C21H16N4O5. The average molecular weight is 404 g/mol. The molecule has 0 aromatic heterocycles. The van der Waals surface area contributed by atoms with Gasteiger partial charge in [-0.1, -0.05) is 24.3 Å². The van der Waals surface area contributed by atoms with Gasteiger partial charge in [0.05, 0.1) is 10.5 Å². The zero-order valence-corrected chi connectivity index (χ0v) is 15.5. The third kappa shape index (κ3) is 3.51. The van der Waals surface area contributed by atoms with E-state index in [0.717, 1.165) is 5.01 Å². The van der Waals surface area contributed by atoms with Gasteiger partial charge < -0.3 is 10.4 Å². The molecule has 1 aliphatic rings. The molecule has 0 fully saturated rings. The number of para-hydroxylation sites is 1. The second-order valence-electron chi connectivity index (χ2n) is 6.61. The topological polar surface area (TPSA) is 125 Å². The van der Waals surface area contributed by atoms with Crippen molar-refractivity contribution in [2.45, 2.75) is 6.17 Å². The second-order valence-corrected chi connectivity index (χ2v) is 6.61. The molecule has 1 aliphatic heterocycles. The minimum absolute atomic E-state index is 0.0160. The Kier molecular flexibility index (Phi) is 4.77. The number of nitro groups is 1. The zero-order valence-electron chi connectivity index (χ0n) is 15.5. The number of hydrogen-bond donors (Lipinski definition) is 3. The number of nitrogens with zero attached hydrogens (tertiary/aromatic N) is 2. The number of carbonyl (C=O) groups excluding carboxylic acids is 2. The molecular weight excluding hydrogens is 388 g/mol. The lowest BCUT2D eigenvalue weighted by molar-refractivity contribution is -0.384. The first-order valence-electron chi connectivity index (χ1n) is 8.97. The predicted molar refractivity (Wildman–Crippen MR) is 108 cm³/mol. The van der Waals surface area contributed by atoms with E-state index in [1.807, 2.05) is 0 Å². The van der Waals surface area contributed by atoms with E-state index in [2.05, 4.69) is 10.7 Å². The fourth-order valence-corrected chi connectivity index (χ4v) is 3.21. The van der Waals surface area contributed by atoms with Crippen molar-refractivity contribution in [2.24, 2.45) is 0 Å². The normalized spacial score (nSPS) is 15.1. The van der Waals surface area contributed by atoms with E-state index in [-0.39, 0.29) is 17.0 Å². The minimum Gasteiger partial charge on any atom is -0.508 e. The number of amides is 2. The number of nitrogens with one attached hydrogen (secondary N) is 2. The summed E-state index contributed by atoms with van der Waals surface area (Å²) in [5, 5.41) is 25.0. The van der Waals surface area contributed by atoms with Crippen LogP contribution in [0, 0.1) is 10.1 Å². The van der Waals surface area contributed by atoms with Gasteiger partial charge in [-0.05, 0) is 36.4 Å². The van der Waals surface area contributed by atoms with Gasteiger partial charge in [0.15, 0.2) is 0 Å². The Bertz CT molecular complexity index is 1150. The number of aromatic hydroxyl groups is 1.